The molecule has 260 valence electrons. The van der Waals surface area contributed by atoms with Gasteiger partial charge in [-0.25, -0.2) is 22.4 Å². The average molecular weight is 673 g/mol. The van der Waals surface area contributed by atoms with Crippen molar-refractivity contribution in [2.24, 2.45) is 5.92 Å². The van der Waals surface area contributed by atoms with Crippen LogP contribution in [-0.4, -0.2) is 56.7 Å². The van der Waals surface area contributed by atoms with E-state index in [1.165, 1.54) is 24.5 Å². The number of nitrogens with one attached hydrogen (secondary N) is 1. The summed E-state index contributed by atoms with van der Waals surface area (Å²) in [5.41, 5.74) is -1.51. The molecular formula is C36H44F4N4O4. The molecule has 12 heteroatoms. The Hall–Kier alpha value is -4.06. The first kappa shape index (κ1) is 36.8. The summed E-state index contributed by atoms with van der Waals surface area (Å²) >= 11 is 0. The zero-order chi connectivity index (χ0) is 35.7. The molecule has 1 saturated heterocycles. The van der Waals surface area contributed by atoms with Crippen LogP contribution in [0.3, 0.4) is 0 Å². The summed E-state index contributed by atoms with van der Waals surface area (Å²) in [5.74, 6) is -5.55. The second-order valence-electron chi connectivity index (χ2n) is 13.9. The highest BCUT2D eigenvalue weighted by Crippen LogP contribution is 2.37. The molecule has 8 nitrogen and oxygen atoms in total. The largest absolute Gasteiger partial charge is 0.481 e. The number of nitrogens with zero attached hydrogens (tertiary/aromatic N) is 3. The zero-order valence-corrected chi connectivity index (χ0v) is 28.5. The predicted molar refractivity (Wildman–Crippen MR) is 175 cm³/mol. The van der Waals surface area contributed by atoms with E-state index in [9.17, 15) is 28.3 Å². The summed E-state index contributed by atoms with van der Waals surface area (Å²) in [6, 6.07) is 2.40. The molecule has 4 rings (SSSR count). The van der Waals surface area contributed by atoms with Crippen molar-refractivity contribution in [1.82, 2.24) is 19.8 Å². The van der Waals surface area contributed by atoms with Crippen molar-refractivity contribution in [3.05, 3.63) is 86.3 Å². The molecule has 48 heavy (non-hydrogen) atoms. The highest BCUT2D eigenvalue weighted by Gasteiger charge is 2.38. The van der Waals surface area contributed by atoms with Crippen LogP contribution in [0.25, 0.3) is 11.1 Å². The molecule has 0 saturated carbocycles. The van der Waals surface area contributed by atoms with Crippen LogP contribution in [0.1, 0.15) is 93.4 Å². The molecule has 1 fully saturated rings. The first-order valence-electron chi connectivity index (χ1n) is 16.2. The van der Waals surface area contributed by atoms with Crippen molar-refractivity contribution < 1.29 is 32.3 Å². The van der Waals surface area contributed by atoms with E-state index in [1.807, 2.05) is 32.6 Å². The van der Waals surface area contributed by atoms with Crippen LogP contribution in [-0.2, 0) is 16.0 Å². The average Bonchev–Trinajstić information content (AvgIpc) is 2.96. The SMILES string of the molecule is Cc1cc(-c2c(C)cccc2F)c(F)c(C(CC(=O)O)NC(=O)C(CC(C)C)n2cc(CCN3CC(C)(F)C3)c(C(C)C)nc2=O)c1F. The smallest absolute Gasteiger partial charge is 0.348 e. The van der Waals surface area contributed by atoms with Crippen LogP contribution in [0, 0.1) is 37.2 Å². The number of alkyl halides is 1. The van der Waals surface area contributed by atoms with Gasteiger partial charge in [0.2, 0.25) is 5.91 Å². The maximum Gasteiger partial charge on any atom is 0.348 e. The van der Waals surface area contributed by atoms with Gasteiger partial charge in [-0.1, -0.05) is 39.8 Å². The van der Waals surface area contributed by atoms with Gasteiger partial charge in [0.25, 0.3) is 0 Å². The Balaban J connectivity index is 1.77. The van der Waals surface area contributed by atoms with Crippen molar-refractivity contribution in [3.8, 4) is 11.1 Å². The number of carboxylic acids is 1. The summed E-state index contributed by atoms with van der Waals surface area (Å²) in [6.45, 7) is 12.9. The third kappa shape index (κ3) is 8.14. The monoisotopic (exact) mass is 672 g/mol. The summed E-state index contributed by atoms with van der Waals surface area (Å²) in [7, 11) is 0. The third-order valence-electron chi connectivity index (χ3n) is 8.70. The lowest BCUT2D eigenvalue weighted by atomic mass is 9.91. The topological polar surface area (TPSA) is 105 Å². The minimum Gasteiger partial charge on any atom is -0.481 e. The molecule has 2 N–H and O–H groups in total. The molecule has 0 bridgehead atoms. The number of rotatable bonds is 13. The number of carboxylic acid groups (broad SMARTS) is 1. The van der Waals surface area contributed by atoms with Crippen LogP contribution in [0.15, 0.2) is 35.3 Å². The van der Waals surface area contributed by atoms with Gasteiger partial charge in [-0.3, -0.25) is 19.1 Å². The maximum absolute atomic E-state index is 16.3. The summed E-state index contributed by atoms with van der Waals surface area (Å²) < 4.78 is 62.2. The Bertz CT molecular complexity index is 1730. The molecule has 0 spiro atoms. The molecular weight excluding hydrogens is 628 g/mol. The van der Waals surface area contributed by atoms with E-state index in [-0.39, 0.29) is 48.0 Å². The quantitative estimate of drug-likeness (QED) is 0.199. The number of halogens is 4. The van der Waals surface area contributed by atoms with Crippen molar-refractivity contribution >= 4 is 11.9 Å². The second kappa shape index (κ2) is 14.6. The Kier molecular flexibility index (Phi) is 11.2. The van der Waals surface area contributed by atoms with Gasteiger partial charge in [0, 0.05) is 42.5 Å². The van der Waals surface area contributed by atoms with Crippen molar-refractivity contribution in [3.63, 3.8) is 0 Å². The van der Waals surface area contributed by atoms with Crippen molar-refractivity contribution in [1.29, 1.82) is 0 Å². The standard InChI is InChI=1S/C36H44F4N4O4/c1-19(2)13-27(44-16-23(33(20(3)4)42-35(44)48)11-12-43-17-36(7,40)18-43)34(47)41-26(15-28(45)46)30-31(38)22(6)14-24(32(30)39)29-21(5)9-8-10-25(29)37/h8-10,14,16,19-20,26-27H,11-13,15,17-18H2,1-7H3,(H,41,47)(H,45,46). The van der Waals surface area contributed by atoms with Crippen LogP contribution >= 0.6 is 0 Å². The third-order valence-corrected chi connectivity index (χ3v) is 8.70. The fourth-order valence-electron chi connectivity index (χ4n) is 6.48. The van der Waals surface area contributed by atoms with Crippen LogP contribution in [0.2, 0.25) is 0 Å². The normalized spacial score (nSPS) is 15.8. The minimum atomic E-state index is -1.70. The molecule has 2 unspecified atom stereocenters. The molecule has 1 amide bonds. The van der Waals surface area contributed by atoms with E-state index < -0.39 is 64.8 Å². The lowest BCUT2D eigenvalue weighted by Crippen LogP contribution is -2.57. The molecule has 2 aromatic carbocycles. The van der Waals surface area contributed by atoms with Crippen molar-refractivity contribution in [2.75, 3.05) is 19.6 Å². The van der Waals surface area contributed by atoms with Gasteiger partial charge in [-0.15, -0.1) is 0 Å². The minimum absolute atomic E-state index is 0.0722. The Morgan fingerprint density at radius 1 is 1.06 bits per heavy atom. The number of benzene rings is 2. The van der Waals surface area contributed by atoms with Crippen LogP contribution in [0.4, 0.5) is 17.6 Å². The molecule has 0 radical (unpaired) electrons. The highest BCUT2D eigenvalue weighted by atomic mass is 19.1. The number of aromatic nitrogens is 2. The zero-order valence-electron chi connectivity index (χ0n) is 28.5. The molecule has 3 aromatic rings. The van der Waals surface area contributed by atoms with Gasteiger partial charge >= 0.3 is 11.7 Å². The molecule has 2 atom stereocenters. The van der Waals surface area contributed by atoms with Crippen LogP contribution < -0.4 is 11.0 Å². The molecule has 0 aliphatic carbocycles. The van der Waals surface area contributed by atoms with E-state index in [2.05, 4.69) is 10.3 Å². The number of carbonyl (C=O) groups excluding carboxylic acids is 1. The summed E-state index contributed by atoms with van der Waals surface area (Å²) in [5, 5.41) is 12.3. The first-order chi connectivity index (χ1) is 22.4. The number of carbonyl (C=O) groups is 2. The van der Waals surface area contributed by atoms with Gasteiger partial charge in [0.1, 0.15) is 29.2 Å². The van der Waals surface area contributed by atoms with Crippen molar-refractivity contribution in [2.45, 2.75) is 91.4 Å². The fraction of sp³-hybridized carbons (Fsp3) is 0.500. The number of amides is 1. The number of aryl methyl sites for hydroxylation is 2. The number of aliphatic carboxylic acids is 1. The fourth-order valence-corrected chi connectivity index (χ4v) is 6.48. The van der Waals surface area contributed by atoms with E-state index in [0.717, 1.165) is 12.1 Å². The maximum atomic E-state index is 16.3. The van der Waals surface area contributed by atoms with E-state index >= 15 is 8.78 Å². The lowest BCUT2D eigenvalue weighted by molar-refractivity contribution is -0.138. The molecule has 2 heterocycles. The Morgan fingerprint density at radius 2 is 1.73 bits per heavy atom. The van der Waals surface area contributed by atoms with Gasteiger partial charge in [-0.05, 0) is 74.3 Å². The first-order valence-corrected chi connectivity index (χ1v) is 16.2. The number of hydrogen-bond donors (Lipinski definition) is 2. The predicted octanol–water partition coefficient (Wildman–Crippen LogP) is 6.57. The van der Waals surface area contributed by atoms with E-state index in [0.29, 0.717) is 29.8 Å². The molecule has 1 aliphatic heterocycles. The second-order valence-corrected chi connectivity index (χ2v) is 13.9. The molecule has 1 aliphatic rings. The lowest BCUT2D eigenvalue weighted by Gasteiger charge is -2.42. The van der Waals surface area contributed by atoms with E-state index in [1.54, 1.807) is 19.2 Å². The van der Waals surface area contributed by atoms with Gasteiger partial charge in [-0.2, -0.15) is 4.98 Å². The van der Waals surface area contributed by atoms with Crippen LogP contribution in [0.5, 0.6) is 0 Å². The van der Waals surface area contributed by atoms with Gasteiger partial charge < -0.3 is 10.4 Å². The number of likely N-dealkylation sites (tertiary alicyclic amines) is 1. The van der Waals surface area contributed by atoms with E-state index in [4.69, 9.17) is 0 Å². The Labute approximate surface area is 278 Å². The Morgan fingerprint density at radius 3 is 2.29 bits per heavy atom. The summed E-state index contributed by atoms with van der Waals surface area (Å²) in [4.78, 5) is 45.7. The number of hydrogen-bond acceptors (Lipinski definition) is 5. The van der Waals surface area contributed by atoms with Gasteiger partial charge in [0.05, 0.1) is 18.2 Å². The van der Waals surface area contributed by atoms with Gasteiger partial charge in [0.15, 0.2) is 0 Å². The molecule has 1 aromatic heterocycles. The summed E-state index contributed by atoms with van der Waals surface area (Å²) in [6.07, 6.45) is 1.23. The highest BCUT2D eigenvalue weighted by molar-refractivity contribution is 5.82.